The number of allylic oxidation sites excluding steroid dienone is 4. The van der Waals surface area contributed by atoms with Gasteiger partial charge in [-0.2, -0.15) is 35.9 Å². The van der Waals surface area contributed by atoms with Crippen LogP contribution in [0, 0.1) is 24.0 Å². The van der Waals surface area contributed by atoms with Crippen molar-refractivity contribution in [2.24, 2.45) is 11.8 Å². The summed E-state index contributed by atoms with van der Waals surface area (Å²) in [5.41, 5.74) is 5.51. The molecule has 0 nitrogen and oxygen atoms in total. The van der Waals surface area contributed by atoms with E-state index in [0.717, 1.165) is 24.7 Å². The number of hydrogen-bond donors (Lipinski definition) is 0. The number of rotatable bonds is 4. The number of fused-ring (bicyclic) bond motifs is 3. The van der Waals surface area contributed by atoms with Gasteiger partial charge in [-0.1, -0.05) is 35.4 Å². The van der Waals surface area contributed by atoms with Gasteiger partial charge in [0, 0.05) is 0 Å². The molecule has 0 radical (unpaired) electrons. The summed E-state index contributed by atoms with van der Waals surface area (Å²) in [5, 5.41) is 0. The van der Waals surface area contributed by atoms with Gasteiger partial charge in [0.25, 0.3) is 0 Å². The Labute approximate surface area is 187 Å². The van der Waals surface area contributed by atoms with Crippen LogP contribution in [0.1, 0.15) is 58.1 Å². The Morgan fingerprint density at radius 2 is 1.64 bits per heavy atom. The molecule has 1 heteroatoms. The van der Waals surface area contributed by atoms with Crippen LogP contribution >= 0.6 is 0 Å². The van der Waals surface area contributed by atoms with E-state index >= 15 is 0 Å². The minimum absolute atomic E-state index is 0.855. The second-order valence-corrected chi connectivity index (χ2v) is 9.94. The molecule has 28 heavy (non-hydrogen) atoms. The molecule has 0 bridgehead atoms. The molecule has 2 aliphatic carbocycles. The zero-order valence-corrected chi connectivity index (χ0v) is 20.2. The van der Waals surface area contributed by atoms with Gasteiger partial charge in [-0.3, -0.25) is 6.08 Å². The fourth-order valence-electron chi connectivity index (χ4n) is 3.41. The van der Waals surface area contributed by atoms with E-state index in [1.807, 2.05) is 18.2 Å². The molecule has 144 valence electrons. The van der Waals surface area contributed by atoms with Crippen LogP contribution in [0.25, 0.3) is 11.1 Å². The Kier molecular flexibility index (Phi) is 10.1. The summed E-state index contributed by atoms with van der Waals surface area (Å²) in [6.45, 7) is 9.18. The van der Waals surface area contributed by atoms with Gasteiger partial charge >= 0.3 is 79.8 Å². The smallest absolute Gasteiger partial charge is 0.0253 e. The zero-order valence-electron chi connectivity index (χ0n) is 17.8. The second-order valence-electron chi connectivity index (χ2n) is 8.20. The van der Waals surface area contributed by atoms with Gasteiger partial charge in [0.05, 0.1) is 0 Å². The molecule has 0 fully saturated rings. The van der Waals surface area contributed by atoms with Crippen molar-refractivity contribution in [3.8, 4) is 11.1 Å². The van der Waals surface area contributed by atoms with Gasteiger partial charge in [-0.25, -0.2) is 12.2 Å². The van der Waals surface area contributed by atoms with Gasteiger partial charge in [0.15, 0.2) is 0 Å². The summed E-state index contributed by atoms with van der Waals surface area (Å²) < 4.78 is 1.75. The summed E-state index contributed by atoms with van der Waals surface area (Å²) in [5.74, 6) is 1.71. The van der Waals surface area contributed by atoms with E-state index in [4.69, 9.17) is 0 Å². The van der Waals surface area contributed by atoms with Crippen molar-refractivity contribution in [3.05, 3.63) is 84.0 Å². The first-order valence-corrected chi connectivity index (χ1v) is 11.6. The van der Waals surface area contributed by atoms with E-state index in [1.165, 1.54) is 35.1 Å². The Morgan fingerprint density at radius 3 is 2.21 bits per heavy atom. The first kappa shape index (κ1) is 23.0. The van der Waals surface area contributed by atoms with Crippen LogP contribution in [0.4, 0.5) is 0 Å². The fourth-order valence-corrected chi connectivity index (χ4v) is 5.41. The van der Waals surface area contributed by atoms with Gasteiger partial charge in [0.2, 0.25) is 0 Å². The molecule has 0 atom stereocenters. The van der Waals surface area contributed by atoms with Crippen molar-refractivity contribution in [2.75, 3.05) is 0 Å². The molecule has 0 unspecified atom stereocenters. The van der Waals surface area contributed by atoms with Crippen molar-refractivity contribution in [1.82, 2.24) is 0 Å². The van der Waals surface area contributed by atoms with Crippen LogP contribution in [0.5, 0.6) is 0 Å². The molecule has 2 aromatic rings. The normalized spacial score (nSPS) is 12.9. The molecule has 0 N–H and O–H groups in total. The van der Waals surface area contributed by atoms with Crippen molar-refractivity contribution in [1.29, 1.82) is 0 Å². The van der Waals surface area contributed by atoms with Crippen LogP contribution in [0.15, 0.2) is 60.7 Å². The summed E-state index contributed by atoms with van der Waals surface area (Å²) in [6.07, 6.45) is 13.7. The SMILES string of the molecule is CC(C)C[C](=[Zr+2])CC(C)C.[C-]1=CC=CC1.[c-]1cccc2c1Cc1ccccc1-2. The maximum atomic E-state index is 3.30. The second kappa shape index (κ2) is 12.3. The van der Waals surface area contributed by atoms with E-state index in [1.54, 1.807) is 27.4 Å². The third kappa shape index (κ3) is 7.96. The minimum atomic E-state index is 0.855. The van der Waals surface area contributed by atoms with Crippen molar-refractivity contribution in [2.45, 2.75) is 53.4 Å². The van der Waals surface area contributed by atoms with Gasteiger partial charge < -0.3 is 0 Å². The molecule has 0 saturated heterocycles. The summed E-state index contributed by atoms with van der Waals surface area (Å²) >= 11 is 1.65. The topological polar surface area (TPSA) is 0 Å². The summed E-state index contributed by atoms with van der Waals surface area (Å²) in [7, 11) is 0. The molecule has 0 aliphatic heterocycles. The summed E-state index contributed by atoms with van der Waals surface area (Å²) in [4.78, 5) is 0. The van der Waals surface area contributed by atoms with E-state index in [-0.39, 0.29) is 0 Å². The van der Waals surface area contributed by atoms with Crippen LogP contribution in [0.2, 0.25) is 0 Å². The molecular weight excluding hydrogens is 416 g/mol. The molecule has 2 aromatic carbocycles. The maximum absolute atomic E-state index is 3.30. The molecule has 0 saturated carbocycles. The van der Waals surface area contributed by atoms with Crippen LogP contribution in [-0.4, -0.2) is 3.21 Å². The van der Waals surface area contributed by atoms with Gasteiger partial charge in [0.1, 0.15) is 0 Å². The van der Waals surface area contributed by atoms with Crippen LogP contribution in [-0.2, 0) is 30.7 Å². The Hall–Kier alpha value is -1.33. The monoisotopic (exact) mass is 446 g/mol. The average molecular weight is 448 g/mol. The van der Waals surface area contributed by atoms with E-state index in [2.05, 4.69) is 82.3 Å². The maximum Gasteiger partial charge on any atom is -0.0253 e. The largest absolute Gasteiger partial charge is 0.273 e. The molecule has 0 spiro atoms. The van der Waals surface area contributed by atoms with Crippen molar-refractivity contribution in [3.63, 3.8) is 0 Å². The first-order valence-electron chi connectivity index (χ1n) is 10.3. The molecule has 0 amide bonds. The third-order valence-corrected chi connectivity index (χ3v) is 5.52. The van der Waals surface area contributed by atoms with Crippen molar-refractivity contribution < 1.29 is 24.2 Å². The Balaban J connectivity index is 0.000000166. The van der Waals surface area contributed by atoms with Crippen LogP contribution < -0.4 is 0 Å². The summed E-state index contributed by atoms with van der Waals surface area (Å²) in [6, 6.07) is 18.1. The van der Waals surface area contributed by atoms with Gasteiger partial charge in [-0.05, 0) is 6.42 Å². The number of benzene rings is 2. The van der Waals surface area contributed by atoms with E-state index < -0.39 is 0 Å². The quantitative estimate of drug-likeness (QED) is 0.372. The molecule has 2 aliphatic rings. The molecular formula is C27H32Zr. The number of hydrogen-bond acceptors (Lipinski definition) is 0. The van der Waals surface area contributed by atoms with E-state index in [9.17, 15) is 0 Å². The standard InChI is InChI=1S/C13H9.C9H18.C5H5.Zr/c1-3-7-12-10(5-1)9-11-6-2-4-8-13(11)12;1-8(2)6-5-7-9(3)4;1-2-4-5-3-1;/h1-5,7-8H,9H2;8-9H,6-7H2,1-4H3;1-3H,4H2;/q-1;;-1;+2. The van der Waals surface area contributed by atoms with E-state index in [0.29, 0.717) is 0 Å². The Bertz CT molecular complexity index is 743. The first-order chi connectivity index (χ1) is 13.5. The molecule has 0 aromatic heterocycles. The van der Waals surface area contributed by atoms with Crippen LogP contribution in [0.3, 0.4) is 0 Å². The van der Waals surface area contributed by atoms with Gasteiger partial charge in [-0.15, -0.1) is 12.0 Å². The van der Waals surface area contributed by atoms with Crippen molar-refractivity contribution >= 4 is 3.21 Å². The zero-order chi connectivity index (χ0) is 20.4. The molecule has 4 rings (SSSR count). The minimum Gasteiger partial charge on any atom is -0.273 e. The Morgan fingerprint density at radius 1 is 0.964 bits per heavy atom. The third-order valence-electron chi connectivity index (χ3n) is 4.51. The average Bonchev–Trinajstić information content (AvgIpc) is 3.32. The predicted molar refractivity (Wildman–Crippen MR) is 119 cm³/mol. The fraction of sp³-hybridized carbons (Fsp3) is 0.370. The predicted octanol–water partition coefficient (Wildman–Crippen LogP) is 7.16. The molecule has 0 heterocycles.